The van der Waals surface area contributed by atoms with Gasteiger partial charge in [-0.15, -0.1) is 0 Å². The molecule has 0 radical (unpaired) electrons. The highest BCUT2D eigenvalue weighted by Gasteiger charge is 2.25. The zero-order valence-corrected chi connectivity index (χ0v) is 19.4. The molecule has 2 atom stereocenters. The first-order chi connectivity index (χ1) is 17.4. The van der Waals surface area contributed by atoms with Crippen molar-refractivity contribution in [1.29, 1.82) is 0 Å². The number of nitrogens with zero attached hydrogens (tertiary/aromatic N) is 1. The average Bonchev–Trinajstić information content (AvgIpc) is 2.90. The lowest BCUT2D eigenvalue weighted by Gasteiger charge is -2.19. The third kappa shape index (κ3) is 7.66. The normalized spacial score (nSPS) is 11.8. The van der Waals surface area contributed by atoms with Crippen LogP contribution in [0.1, 0.15) is 28.4 Å². The Bertz CT molecular complexity index is 1250. The molecule has 0 saturated heterocycles. The number of nitrogens with one attached hydrogen (secondary N) is 4. The van der Waals surface area contributed by atoms with Crippen LogP contribution < -0.4 is 21.4 Å². The van der Waals surface area contributed by atoms with E-state index in [0.717, 1.165) is 11.3 Å². The summed E-state index contributed by atoms with van der Waals surface area (Å²) in [6.45, 7) is 1.43. The molecule has 3 rings (SSSR count). The predicted octanol–water partition coefficient (Wildman–Crippen LogP) is 1.52. The predicted molar refractivity (Wildman–Crippen MR) is 133 cm³/mol. The lowest BCUT2D eigenvalue weighted by molar-refractivity contribution is -0.133. The van der Waals surface area contributed by atoms with E-state index in [1.807, 2.05) is 6.07 Å². The molecule has 0 bridgehead atoms. The highest BCUT2D eigenvalue weighted by Crippen LogP contribution is 2.10. The summed E-state index contributed by atoms with van der Waals surface area (Å²) in [6, 6.07) is 15.7. The molecule has 10 heteroatoms. The van der Waals surface area contributed by atoms with E-state index in [-0.39, 0.29) is 18.0 Å². The van der Waals surface area contributed by atoms with Gasteiger partial charge in [0.15, 0.2) is 0 Å². The molecule has 3 aromatic rings. The molecular formula is C26H25N5O5. The van der Waals surface area contributed by atoms with Crippen molar-refractivity contribution in [2.75, 3.05) is 17.2 Å². The Labute approximate surface area is 207 Å². The molecule has 1 aromatic heterocycles. The number of carbonyl (C=O) groups is 3. The number of carbonyl (C=O) groups excluding carboxylic acids is 3. The molecule has 10 nitrogen and oxygen atoms in total. The molecule has 0 spiro atoms. The molecule has 0 saturated carbocycles. The number of benzene rings is 2. The van der Waals surface area contributed by atoms with E-state index >= 15 is 0 Å². The fourth-order valence-corrected chi connectivity index (χ4v) is 3.04. The van der Waals surface area contributed by atoms with Gasteiger partial charge < -0.3 is 21.1 Å². The monoisotopic (exact) mass is 487 g/mol. The quantitative estimate of drug-likeness (QED) is 0.160. The van der Waals surface area contributed by atoms with Gasteiger partial charge in [0, 0.05) is 34.8 Å². The van der Waals surface area contributed by atoms with Gasteiger partial charge >= 0.3 is 0 Å². The van der Waals surface area contributed by atoms with E-state index in [4.69, 9.17) is 5.21 Å². The molecule has 0 aliphatic carbocycles. The first-order valence-corrected chi connectivity index (χ1v) is 10.9. The largest absolute Gasteiger partial charge is 0.391 e. The van der Waals surface area contributed by atoms with Crippen LogP contribution in [0.25, 0.3) is 0 Å². The maximum absolute atomic E-state index is 12.3. The van der Waals surface area contributed by atoms with E-state index in [1.165, 1.54) is 24.5 Å². The number of aliphatic hydroxyl groups is 1. The van der Waals surface area contributed by atoms with Gasteiger partial charge in [-0.25, -0.2) is 5.48 Å². The highest BCUT2D eigenvalue weighted by molar-refractivity contribution is 5.97. The van der Waals surface area contributed by atoms with Crippen LogP contribution in [-0.4, -0.2) is 51.7 Å². The summed E-state index contributed by atoms with van der Waals surface area (Å²) < 4.78 is 0. The number of hydrogen-bond donors (Lipinski definition) is 6. The van der Waals surface area contributed by atoms with Crippen molar-refractivity contribution in [2.45, 2.75) is 19.1 Å². The van der Waals surface area contributed by atoms with Gasteiger partial charge in [0.25, 0.3) is 11.8 Å². The highest BCUT2D eigenvalue weighted by atomic mass is 16.5. The number of hydroxylamine groups is 1. The Morgan fingerprint density at radius 3 is 2.14 bits per heavy atom. The Morgan fingerprint density at radius 2 is 1.58 bits per heavy atom. The van der Waals surface area contributed by atoms with Crippen LogP contribution in [0, 0.1) is 11.8 Å². The molecule has 184 valence electrons. The van der Waals surface area contributed by atoms with Crippen molar-refractivity contribution in [1.82, 2.24) is 15.8 Å². The van der Waals surface area contributed by atoms with Crippen LogP contribution in [0.4, 0.5) is 11.4 Å². The van der Waals surface area contributed by atoms with Gasteiger partial charge in [-0.2, -0.15) is 0 Å². The van der Waals surface area contributed by atoms with E-state index < -0.39 is 24.0 Å². The van der Waals surface area contributed by atoms with E-state index in [2.05, 4.69) is 32.8 Å². The first kappa shape index (κ1) is 25.9. The van der Waals surface area contributed by atoms with Crippen molar-refractivity contribution in [3.63, 3.8) is 0 Å². The molecule has 6 N–H and O–H groups in total. The smallest absolute Gasteiger partial charge is 0.268 e. The number of pyridine rings is 1. The molecular weight excluding hydrogens is 462 g/mol. The Balaban J connectivity index is 1.54. The van der Waals surface area contributed by atoms with Crippen molar-refractivity contribution < 1.29 is 24.7 Å². The molecule has 0 fully saturated rings. The molecule has 0 aliphatic rings. The van der Waals surface area contributed by atoms with Crippen LogP contribution >= 0.6 is 0 Å². The maximum atomic E-state index is 12.3. The van der Waals surface area contributed by atoms with Gasteiger partial charge in [-0.1, -0.05) is 11.8 Å². The number of aliphatic hydroxyl groups excluding tert-OH is 1. The fourth-order valence-electron chi connectivity index (χ4n) is 3.04. The number of hydrogen-bond acceptors (Lipinski definition) is 7. The third-order valence-electron chi connectivity index (χ3n) is 4.94. The minimum Gasteiger partial charge on any atom is -0.391 e. The first-order valence-electron chi connectivity index (χ1n) is 10.9. The van der Waals surface area contributed by atoms with Crippen LogP contribution in [0.15, 0.2) is 73.1 Å². The summed E-state index contributed by atoms with van der Waals surface area (Å²) in [7, 11) is 0. The number of aromatic nitrogens is 1. The topological polar surface area (TPSA) is 153 Å². The zero-order valence-electron chi connectivity index (χ0n) is 19.4. The number of rotatable bonds is 8. The van der Waals surface area contributed by atoms with Crippen molar-refractivity contribution in [3.8, 4) is 11.8 Å². The average molecular weight is 488 g/mol. The van der Waals surface area contributed by atoms with Gasteiger partial charge in [0.05, 0.1) is 18.3 Å². The second kappa shape index (κ2) is 12.7. The Morgan fingerprint density at radius 1 is 0.944 bits per heavy atom. The maximum Gasteiger partial charge on any atom is 0.268 e. The van der Waals surface area contributed by atoms with Gasteiger partial charge in [-0.05, 0) is 67.6 Å². The lowest BCUT2D eigenvalue weighted by atomic mass is 10.1. The molecule has 0 aliphatic heterocycles. The summed E-state index contributed by atoms with van der Waals surface area (Å²) in [6.07, 6.45) is 2.09. The Kier molecular flexibility index (Phi) is 9.11. The summed E-state index contributed by atoms with van der Waals surface area (Å²) in [5.41, 5.74) is 4.46. The van der Waals surface area contributed by atoms with Gasteiger partial charge in [0.2, 0.25) is 5.91 Å². The molecule has 36 heavy (non-hydrogen) atoms. The van der Waals surface area contributed by atoms with Gasteiger partial charge in [-0.3, -0.25) is 24.6 Å². The zero-order chi connectivity index (χ0) is 25.9. The standard InChI is InChI=1S/C26H25N5O5/c1-17(32)24(26(35)31-36)30-25(34)20-10-6-18(7-11-20)4-5-19-8-12-21(13-9-19)29-23(33)16-28-22-3-2-14-27-15-22/h2-3,6-15,17,24,28,32,36H,16H2,1H3,(H,29,33)(H,30,34)(H,31,35)/t17-,24+/m1/s1. The fraction of sp³-hybridized carbons (Fsp3) is 0.154. The Hall–Kier alpha value is -4.72. The van der Waals surface area contributed by atoms with Crippen molar-refractivity contribution in [3.05, 3.63) is 89.7 Å². The summed E-state index contributed by atoms with van der Waals surface area (Å²) in [4.78, 5) is 40.0. The summed E-state index contributed by atoms with van der Waals surface area (Å²) in [5.74, 6) is 4.30. The van der Waals surface area contributed by atoms with Gasteiger partial charge in [0.1, 0.15) is 6.04 Å². The molecule has 3 amide bonds. The minimum atomic E-state index is -1.30. The van der Waals surface area contributed by atoms with Crippen LogP contribution in [0.3, 0.4) is 0 Å². The lowest BCUT2D eigenvalue weighted by Crippen LogP contribution is -2.51. The van der Waals surface area contributed by atoms with Crippen molar-refractivity contribution >= 4 is 29.1 Å². The van der Waals surface area contributed by atoms with Crippen molar-refractivity contribution in [2.24, 2.45) is 0 Å². The van der Waals surface area contributed by atoms with Crippen LogP contribution in [-0.2, 0) is 9.59 Å². The van der Waals surface area contributed by atoms with E-state index in [0.29, 0.717) is 11.3 Å². The second-order valence-electron chi connectivity index (χ2n) is 7.72. The van der Waals surface area contributed by atoms with E-state index in [9.17, 15) is 19.5 Å². The SMILES string of the molecule is C[C@@H](O)[C@H](NC(=O)c1ccc(C#Cc2ccc(NC(=O)CNc3cccnc3)cc2)cc1)C(=O)NO. The molecule has 2 aromatic carbocycles. The number of anilines is 2. The van der Waals surface area contributed by atoms with Crippen LogP contribution in [0.2, 0.25) is 0 Å². The third-order valence-corrected chi connectivity index (χ3v) is 4.94. The molecule has 1 heterocycles. The summed E-state index contributed by atoms with van der Waals surface area (Å²) >= 11 is 0. The number of amides is 3. The molecule has 0 unspecified atom stereocenters. The van der Waals surface area contributed by atoms with E-state index in [1.54, 1.807) is 54.9 Å². The summed E-state index contributed by atoms with van der Waals surface area (Å²) in [5, 5.41) is 26.5. The second-order valence-corrected chi connectivity index (χ2v) is 7.72. The van der Waals surface area contributed by atoms with Crippen LogP contribution in [0.5, 0.6) is 0 Å². The minimum absolute atomic E-state index is 0.107.